The molecular weight excluding hydrogens is 612 g/mol. The highest BCUT2D eigenvalue weighted by Gasteiger charge is 2.38. The lowest BCUT2D eigenvalue weighted by Crippen LogP contribution is -2.46. The number of hydrogen-bond donors (Lipinski definition) is 2. The second kappa shape index (κ2) is 15.0. The monoisotopic (exact) mass is 652 g/mol. The number of aromatic nitrogens is 1. The van der Waals surface area contributed by atoms with Crippen LogP contribution in [0.5, 0.6) is 11.5 Å². The van der Waals surface area contributed by atoms with Gasteiger partial charge in [0.2, 0.25) is 5.91 Å². The van der Waals surface area contributed by atoms with Gasteiger partial charge in [-0.2, -0.15) is 5.26 Å². The van der Waals surface area contributed by atoms with Gasteiger partial charge in [0.05, 0.1) is 34.4 Å². The first-order chi connectivity index (χ1) is 22.9. The summed E-state index contributed by atoms with van der Waals surface area (Å²) < 4.78 is 12.3. The number of hydrogen-bond acceptors (Lipinski definition) is 8. The molecule has 0 spiro atoms. The number of carbonyl (C=O) groups is 1. The number of anilines is 2. The van der Waals surface area contributed by atoms with Gasteiger partial charge >= 0.3 is 0 Å². The van der Waals surface area contributed by atoms with E-state index in [9.17, 15) is 10.1 Å². The zero-order valence-corrected chi connectivity index (χ0v) is 27.5. The molecule has 4 aromatic rings. The van der Waals surface area contributed by atoms with Crippen molar-refractivity contribution in [2.45, 2.75) is 57.7 Å². The van der Waals surface area contributed by atoms with Crippen molar-refractivity contribution < 1.29 is 14.3 Å². The maximum absolute atomic E-state index is 12.5. The number of pyridine rings is 1. The van der Waals surface area contributed by atoms with Crippen molar-refractivity contribution >= 4 is 39.8 Å². The quantitative estimate of drug-likeness (QED) is 0.159. The summed E-state index contributed by atoms with van der Waals surface area (Å²) >= 11 is 6.68. The molecule has 244 valence electrons. The Kier molecular flexibility index (Phi) is 10.4. The van der Waals surface area contributed by atoms with Crippen LogP contribution in [0.1, 0.15) is 61.8 Å². The maximum atomic E-state index is 12.5. The van der Waals surface area contributed by atoms with Gasteiger partial charge in [-0.3, -0.25) is 19.6 Å². The Hall–Kier alpha value is -4.36. The van der Waals surface area contributed by atoms with Gasteiger partial charge in [-0.05, 0) is 88.6 Å². The summed E-state index contributed by atoms with van der Waals surface area (Å²) in [5, 5.41) is 14.9. The number of nitrogens with one attached hydrogen (secondary N) is 1. The molecule has 6 rings (SSSR count). The number of nitrogens with zero attached hydrogens (tertiary/aromatic N) is 4. The van der Waals surface area contributed by atoms with Gasteiger partial charge in [0.25, 0.3) is 0 Å². The molecule has 2 saturated heterocycles. The van der Waals surface area contributed by atoms with E-state index in [4.69, 9.17) is 26.8 Å². The number of ether oxygens (including phenoxy) is 2. The van der Waals surface area contributed by atoms with Crippen LogP contribution in [0.4, 0.5) is 11.4 Å². The Balaban J connectivity index is 1.41. The van der Waals surface area contributed by atoms with Crippen molar-refractivity contribution in [1.82, 2.24) is 14.8 Å². The fraction of sp³-hybridized carbons (Fsp3) is 0.378. The van der Waals surface area contributed by atoms with Gasteiger partial charge in [-0.1, -0.05) is 41.9 Å². The van der Waals surface area contributed by atoms with E-state index in [2.05, 4.69) is 32.2 Å². The predicted molar refractivity (Wildman–Crippen MR) is 185 cm³/mol. The molecule has 2 aliphatic rings. The second-order valence-electron chi connectivity index (χ2n) is 12.2. The second-order valence-corrected chi connectivity index (χ2v) is 12.6. The number of primary amides is 1. The fourth-order valence-electron chi connectivity index (χ4n) is 6.93. The topological polar surface area (TPSA) is 117 Å². The van der Waals surface area contributed by atoms with Gasteiger partial charge in [-0.15, -0.1) is 0 Å². The molecule has 2 atom stereocenters. The summed E-state index contributed by atoms with van der Waals surface area (Å²) in [5.41, 5.74) is 10.3. The van der Waals surface area contributed by atoms with Crippen LogP contribution in [-0.4, -0.2) is 59.5 Å². The van der Waals surface area contributed by atoms with Crippen LogP contribution in [0.3, 0.4) is 0 Å². The van der Waals surface area contributed by atoms with E-state index in [1.807, 2.05) is 55.5 Å². The summed E-state index contributed by atoms with van der Waals surface area (Å²) in [5.74, 6) is 0.992. The number of halogens is 1. The van der Waals surface area contributed by atoms with Crippen molar-refractivity contribution in [3.05, 3.63) is 88.6 Å². The highest BCUT2D eigenvalue weighted by Crippen LogP contribution is 2.42. The molecule has 1 aromatic heterocycles. The van der Waals surface area contributed by atoms with Crippen molar-refractivity contribution in [2.24, 2.45) is 5.73 Å². The molecule has 0 aliphatic carbocycles. The molecule has 2 aliphatic heterocycles. The smallest absolute Gasteiger partial charge is 0.219 e. The largest absolute Gasteiger partial charge is 0.493 e. The molecule has 2 fully saturated rings. The molecule has 0 saturated carbocycles. The lowest BCUT2D eigenvalue weighted by atomic mass is 9.91. The highest BCUT2D eigenvalue weighted by atomic mass is 35.5. The predicted octanol–water partition coefficient (Wildman–Crippen LogP) is 6.96. The molecule has 9 nitrogen and oxygen atoms in total. The Morgan fingerprint density at radius 1 is 1.00 bits per heavy atom. The third-order valence-electron chi connectivity index (χ3n) is 9.10. The van der Waals surface area contributed by atoms with Gasteiger partial charge in [0.15, 0.2) is 0 Å². The molecule has 2 unspecified atom stereocenters. The standard InChI is InChI=1S/C37H41ClN6O3/c1-2-46-34-20-31-28(19-29(34)37(44-16-8-9-17-44)32(21-35(40)45)43-14-6-7-15-43)36(26(22-39)23-41-31)42-27-12-13-33(30(38)18-27)47-24-25-10-4-3-5-11-25/h3-5,10-13,18-20,23,32,37H,2,6-9,14-17,21,24H2,1H3,(H2,40,45)(H,41,42). The molecule has 3 aromatic carbocycles. The highest BCUT2D eigenvalue weighted by molar-refractivity contribution is 6.32. The minimum atomic E-state index is -0.311. The first-order valence-electron chi connectivity index (χ1n) is 16.4. The molecule has 0 bridgehead atoms. The SMILES string of the molecule is CCOc1cc2ncc(C#N)c(Nc3ccc(OCc4ccccc4)c(Cl)c3)c2cc1C(C(CC(N)=O)N1CCCC1)N1CCCC1. The van der Waals surface area contributed by atoms with Crippen LogP contribution < -0.4 is 20.5 Å². The molecule has 3 N–H and O–H groups in total. The van der Waals surface area contributed by atoms with E-state index in [0.29, 0.717) is 46.4 Å². The summed E-state index contributed by atoms with van der Waals surface area (Å²) in [4.78, 5) is 22.1. The molecular formula is C37H41ClN6O3. The lowest BCUT2D eigenvalue weighted by Gasteiger charge is -2.40. The summed E-state index contributed by atoms with van der Waals surface area (Å²) in [6, 6.07) is 21.6. The fourth-order valence-corrected chi connectivity index (χ4v) is 7.16. The van der Waals surface area contributed by atoms with Crippen LogP contribution in [0.25, 0.3) is 10.9 Å². The first kappa shape index (κ1) is 32.6. The molecule has 3 heterocycles. The van der Waals surface area contributed by atoms with E-state index in [-0.39, 0.29) is 24.4 Å². The number of fused-ring (bicyclic) bond motifs is 1. The van der Waals surface area contributed by atoms with Crippen LogP contribution in [0, 0.1) is 11.3 Å². The summed E-state index contributed by atoms with van der Waals surface area (Å²) in [6.45, 7) is 6.56. The van der Waals surface area contributed by atoms with E-state index in [1.165, 1.54) is 0 Å². The van der Waals surface area contributed by atoms with Crippen molar-refractivity contribution in [3.8, 4) is 17.6 Å². The number of likely N-dealkylation sites (tertiary alicyclic amines) is 2. The average molecular weight is 653 g/mol. The minimum Gasteiger partial charge on any atom is -0.493 e. The number of nitriles is 1. The first-order valence-corrected chi connectivity index (χ1v) is 16.8. The third-order valence-corrected chi connectivity index (χ3v) is 9.39. The normalized spacial score (nSPS) is 16.5. The van der Waals surface area contributed by atoms with E-state index in [1.54, 1.807) is 12.3 Å². The maximum Gasteiger partial charge on any atom is 0.219 e. The third kappa shape index (κ3) is 7.46. The van der Waals surface area contributed by atoms with Gasteiger partial charge in [0.1, 0.15) is 24.2 Å². The summed E-state index contributed by atoms with van der Waals surface area (Å²) in [6.07, 6.45) is 6.22. The van der Waals surface area contributed by atoms with Crippen LogP contribution in [0.2, 0.25) is 5.02 Å². The Labute approximate surface area is 281 Å². The van der Waals surface area contributed by atoms with Gasteiger partial charge in [0, 0.05) is 41.4 Å². The number of carbonyl (C=O) groups excluding carboxylic acids is 1. The van der Waals surface area contributed by atoms with Gasteiger partial charge in [-0.25, -0.2) is 0 Å². The lowest BCUT2D eigenvalue weighted by molar-refractivity contribution is -0.119. The molecule has 10 heteroatoms. The number of nitrogens with two attached hydrogens (primary N) is 1. The van der Waals surface area contributed by atoms with E-state index < -0.39 is 0 Å². The Bertz CT molecular complexity index is 1750. The minimum absolute atomic E-state index is 0.101. The van der Waals surface area contributed by atoms with Crippen LogP contribution >= 0.6 is 11.6 Å². The van der Waals surface area contributed by atoms with Crippen LogP contribution in [-0.2, 0) is 11.4 Å². The van der Waals surface area contributed by atoms with Gasteiger partial charge < -0.3 is 20.5 Å². The van der Waals surface area contributed by atoms with E-state index in [0.717, 1.165) is 74.1 Å². The number of rotatable bonds is 13. The van der Waals surface area contributed by atoms with Crippen molar-refractivity contribution in [1.29, 1.82) is 5.26 Å². The van der Waals surface area contributed by atoms with Crippen molar-refractivity contribution in [3.63, 3.8) is 0 Å². The number of benzene rings is 3. The van der Waals surface area contributed by atoms with E-state index >= 15 is 0 Å². The zero-order valence-electron chi connectivity index (χ0n) is 26.8. The molecule has 1 amide bonds. The Morgan fingerprint density at radius 2 is 1.72 bits per heavy atom. The average Bonchev–Trinajstić information content (AvgIpc) is 3.81. The molecule has 47 heavy (non-hydrogen) atoms. The zero-order chi connectivity index (χ0) is 32.8. The van der Waals surface area contributed by atoms with Crippen LogP contribution in [0.15, 0.2) is 66.9 Å². The Morgan fingerprint density at radius 3 is 2.38 bits per heavy atom. The summed E-state index contributed by atoms with van der Waals surface area (Å²) in [7, 11) is 0. The molecule has 0 radical (unpaired) electrons. The van der Waals surface area contributed by atoms with Crippen molar-refractivity contribution in [2.75, 3.05) is 38.1 Å². The number of amides is 1.